The van der Waals surface area contributed by atoms with E-state index in [1.165, 1.54) is 0 Å². The lowest BCUT2D eigenvalue weighted by molar-refractivity contribution is -0.154. The molecule has 9 heteroatoms. The van der Waals surface area contributed by atoms with Crippen LogP contribution in [0.5, 0.6) is 11.5 Å². The van der Waals surface area contributed by atoms with Crippen LogP contribution < -0.4 is 9.47 Å². The number of carbonyl (C=O) groups is 4. The van der Waals surface area contributed by atoms with Gasteiger partial charge in [0.1, 0.15) is 24.2 Å². The number of carbonyl (C=O) groups excluding carboxylic acids is 4. The van der Waals surface area contributed by atoms with E-state index in [-0.39, 0.29) is 6.61 Å². The molecule has 3 rings (SSSR count). The van der Waals surface area contributed by atoms with Gasteiger partial charge in [-0.1, -0.05) is 42.8 Å². The van der Waals surface area contributed by atoms with Crippen molar-refractivity contribution in [1.29, 1.82) is 0 Å². The highest BCUT2D eigenvalue weighted by Crippen LogP contribution is 2.12. The second kappa shape index (κ2) is 15.0. The topological polar surface area (TPSA) is 108 Å². The van der Waals surface area contributed by atoms with Crippen LogP contribution in [0.1, 0.15) is 19.3 Å². The predicted octanol–water partition coefficient (Wildman–Crippen LogP) is 3.25. The Bertz CT molecular complexity index is 1090. The third-order valence-corrected chi connectivity index (χ3v) is 5.24. The summed E-state index contributed by atoms with van der Waals surface area (Å²) >= 11 is 0. The molecule has 0 N–H and O–H groups in total. The third kappa shape index (κ3) is 10.9. The summed E-state index contributed by atoms with van der Waals surface area (Å²) in [6.45, 7) is 1.82. The van der Waals surface area contributed by atoms with Gasteiger partial charge in [0.15, 0.2) is 0 Å². The molecule has 1 unspecified atom stereocenters. The number of nitrogens with zero attached hydrogens (tertiary/aromatic N) is 1. The molecule has 1 heterocycles. The van der Waals surface area contributed by atoms with Gasteiger partial charge in [0, 0.05) is 30.8 Å². The Morgan fingerprint density at radius 1 is 0.676 bits per heavy atom. The molecule has 2 aromatic carbocycles. The Labute approximate surface area is 215 Å². The van der Waals surface area contributed by atoms with Crippen LogP contribution in [-0.4, -0.2) is 61.1 Å². The molecule has 194 valence electrons. The van der Waals surface area contributed by atoms with Gasteiger partial charge in [-0.15, -0.1) is 0 Å². The third-order valence-electron chi connectivity index (χ3n) is 5.24. The molecule has 1 saturated heterocycles. The van der Waals surface area contributed by atoms with Crippen LogP contribution in [0.4, 0.5) is 0 Å². The maximum Gasteiger partial charge on any atom is 0.336 e. The second-order valence-corrected chi connectivity index (χ2v) is 8.19. The van der Waals surface area contributed by atoms with E-state index in [9.17, 15) is 19.2 Å². The minimum absolute atomic E-state index is 0.221. The van der Waals surface area contributed by atoms with Crippen molar-refractivity contribution in [3.05, 3.63) is 85.0 Å². The van der Waals surface area contributed by atoms with Crippen molar-refractivity contribution in [3.63, 3.8) is 0 Å². The van der Waals surface area contributed by atoms with E-state index in [1.54, 1.807) is 60.7 Å². The molecule has 37 heavy (non-hydrogen) atoms. The van der Waals surface area contributed by atoms with Crippen LogP contribution in [0.15, 0.2) is 85.0 Å². The Morgan fingerprint density at radius 3 is 1.70 bits per heavy atom. The average molecular weight is 508 g/mol. The van der Waals surface area contributed by atoms with E-state index in [2.05, 4.69) is 4.90 Å². The van der Waals surface area contributed by atoms with Crippen molar-refractivity contribution in [2.24, 2.45) is 0 Å². The summed E-state index contributed by atoms with van der Waals surface area (Å²) in [7, 11) is 0. The van der Waals surface area contributed by atoms with Crippen LogP contribution in [0, 0.1) is 0 Å². The normalized spacial score (nSPS) is 14.7. The predicted molar refractivity (Wildman–Crippen MR) is 134 cm³/mol. The number of rotatable bonds is 11. The van der Waals surface area contributed by atoms with Crippen LogP contribution in [-0.2, 0) is 28.7 Å². The van der Waals surface area contributed by atoms with Crippen molar-refractivity contribution >= 4 is 23.9 Å². The first-order chi connectivity index (χ1) is 18.0. The maximum atomic E-state index is 12.3. The van der Waals surface area contributed by atoms with Gasteiger partial charge in [-0.05, 0) is 50.2 Å². The van der Waals surface area contributed by atoms with Crippen molar-refractivity contribution < 1.29 is 38.1 Å². The van der Waals surface area contributed by atoms with E-state index in [4.69, 9.17) is 18.9 Å². The van der Waals surface area contributed by atoms with Crippen molar-refractivity contribution in [1.82, 2.24) is 4.90 Å². The first-order valence-corrected chi connectivity index (χ1v) is 12.0. The van der Waals surface area contributed by atoms with E-state index < -0.39 is 30.0 Å². The molecule has 0 amide bonds. The zero-order valence-electron chi connectivity index (χ0n) is 20.3. The molecule has 9 nitrogen and oxygen atoms in total. The quantitative estimate of drug-likeness (QED) is 0.257. The molecule has 0 aromatic heterocycles. The van der Waals surface area contributed by atoms with Crippen LogP contribution in [0.3, 0.4) is 0 Å². The summed E-state index contributed by atoms with van der Waals surface area (Å²) in [6.07, 6.45) is 6.26. The smallest absolute Gasteiger partial charge is 0.336 e. The fraction of sp³-hybridized carbons (Fsp3) is 0.286. The molecule has 2 aromatic rings. The lowest BCUT2D eigenvalue weighted by atomic mass is 10.1. The highest BCUT2D eigenvalue weighted by molar-refractivity contribution is 5.93. The minimum Gasteiger partial charge on any atom is -0.459 e. The molecular weight excluding hydrogens is 478 g/mol. The number of likely N-dealkylation sites (tertiary alicyclic amines) is 1. The highest BCUT2D eigenvalue weighted by Gasteiger charge is 2.21. The van der Waals surface area contributed by atoms with E-state index in [0.29, 0.717) is 18.0 Å². The summed E-state index contributed by atoms with van der Waals surface area (Å²) in [5.74, 6) is -2.32. The van der Waals surface area contributed by atoms with E-state index in [1.807, 2.05) is 0 Å². The summed E-state index contributed by atoms with van der Waals surface area (Å²) < 4.78 is 20.8. The first kappa shape index (κ1) is 27.3. The zero-order chi connectivity index (χ0) is 26.3. The molecule has 1 aliphatic rings. The van der Waals surface area contributed by atoms with Crippen molar-refractivity contribution in [2.75, 3.05) is 26.2 Å². The van der Waals surface area contributed by atoms with Crippen LogP contribution in [0.2, 0.25) is 0 Å². The molecule has 1 atom stereocenters. The lowest BCUT2D eigenvalue weighted by Crippen LogP contribution is -2.40. The summed E-state index contributed by atoms with van der Waals surface area (Å²) in [4.78, 5) is 50.4. The Hall–Kier alpha value is -4.24. The van der Waals surface area contributed by atoms with Crippen molar-refractivity contribution in [3.8, 4) is 11.5 Å². The van der Waals surface area contributed by atoms with Gasteiger partial charge in [-0.2, -0.15) is 0 Å². The Morgan fingerprint density at radius 2 is 1.16 bits per heavy atom. The van der Waals surface area contributed by atoms with Crippen LogP contribution in [0.25, 0.3) is 0 Å². The molecular formula is C28H29NO8. The molecule has 0 radical (unpaired) electrons. The summed E-state index contributed by atoms with van der Waals surface area (Å²) in [5.41, 5.74) is 0. The number of para-hydroxylation sites is 2. The maximum absolute atomic E-state index is 12.3. The van der Waals surface area contributed by atoms with E-state index in [0.717, 1.165) is 56.7 Å². The number of benzene rings is 2. The molecule has 0 bridgehead atoms. The number of hydrogen-bond donors (Lipinski definition) is 0. The monoisotopic (exact) mass is 507 g/mol. The van der Waals surface area contributed by atoms with Gasteiger partial charge in [0.2, 0.25) is 0 Å². The zero-order valence-corrected chi connectivity index (χ0v) is 20.3. The SMILES string of the molecule is O=C(/C=C/C(=O)Oc1ccccc1)OCC(CN1CCCCC1)OC(=O)/C=C/C(=O)Oc1ccccc1. The first-order valence-electron chi connectivity index (χ1n) is 12.0. The van der Waals surface area contributed by atoms with Gasteiger partial charge in [-0.25, -0.2) is 19.2 Å². The van der Waals surface area contributed by atoms with Gasteiger partial charge >= 0.3 is 23.9 Å². The molecule has 0 aliphatic carbocycles. The number of ether oxygens (including phenoxy) is 4. The lowest BCUT2D eigenvalue weighted by Gasteiger charge is -2.29. The van der Waals surface area contributed by atoms with Crippen molar-refractivity contribution in [2.45, 2.75) is 25.4 Å². The van der Waals surface area contributed by atoms with Gasteiger partial charge in [0.05, 0.1) is 0 Å². The summed E-state index contributed by atoms with van der Waals surface area (Å²) in [6, 6.07) is 16.9. The van der Waals surface area contributed by atoms with Gasteiger partial charge in [-0.3, -0.25) is 4.90 Å². The fourth-order valence-electron chi connectivity index (χ4n) is 3.53. The highest BCUT2D eigenvalue weighted by atomic mass is 16.6. The second-order valence-electron chi connectivity index (χ2n) is 8.19. The molecule has 1 fully saturated rings. The van der Waals surface area contributed by atoms with Gasteiger partial charge < -0.3 is 18.9 Å². The van der Waals surface area contributed by atoms with Crippen LogP contribution >= 0.6 is 0 Å². The largest absolute Gasteiger partial charge is 0.459 e. The molecule has 0 saturated carbocycles. The van der Waals surface area contributed by atoms with Gasteiger partial charge in [0.25, 0.3) is 0 Å². The Balaban J connectivity index is 1.50. The number of piperidine rings is 1. The fourth-order valence-corrected chi connectivity index (χ4v) is 3.53. The Kier molecular flexibility index (Phi) is 11.1. The minimum atomic E-state index is -0.785. The number of hydrogen-bond acceptors (Lipinski definition) is 9. The standard InChI is InChI=1S/C28H29NO8/c30-25(14-15-26(31)35-22-10-4-1-5-11-22)34-21-24(20-29-18-8-3-9-19-29)37-28(33)17-16-27(32)36-23-12-6-2-7-13-23/h1-2,4-7,10-17,24H,3,8-9,18-21H2/b15-14+,17-16+. The van der Waals surface area contributed by atoms with E-state index >= 15 is 0 Å². The average Bonchev–Trinajstić information content (AvgIpc) is 2.91. The molecule has 1 aliphatic heterocycles. The molecule has 0 spiro atoms. The number of esters is 4. The summed E-state index contributed by atoms with van der Waals surface area (Å²) in [5, 5.41) is 0.